The third-order valence-electron chi connectivity index (χ3n) is 5.42. The summed E-state index contributed by atoms with van der Waals surface area (Å²) in [6.07, 6.45) is 3.64. The number of carbonyl (C=O) groups excluding carboxylic acids is 1. The predicted octanol–water partition coefficient (Wildman–Crippen LogP) is 3.36. The van der Waals surface area contributed by atoms with Gasteiger partial charge in [0.1, 0.15) is 5.75 Å². The van der Waals surface area contributed by atoms with Crippen LogP contribution in [0.2, 0.25) is 0 Å². The summed E-state index contributed by atoms with van der Waals surface area (Å²) in [6.45, 7) is 8.59. The Kier molecular flexibility index (Phi) is 3.91. The van der Waals surface area contributed by atoms with Gasteiger partial charge < -0.3 is 10.5 Å². The number of hydrogen-bond acceptors (Lipinski definition) is 4. The molecule has 0 spiro atoms. The molecular weight excluding hydrogens is 288 g/mol. The standard InChI is InChI=1S/C19H28N2O2/c1-18(2)8-14-9-19(3,11-18)12-21(14)10-16(22)13-5-6-17(23-4)15(20)7-13/h5-7,14H,8-12,20H2,1-4H3. The van der Waals surface area contributed by atoms with Crippen LogP contribution in [0.4, 0.5) is 5.69 Å². The summed E-state index contributed by atoms with van der Waals surface area (Å²) in [4.78, 5) is 15.1. The molecule has 2 fully saturated rings. The van der Waals surface area contributed by atoms with Crippen LogP contribution < -0.4 is 10.5 Å². The van der Waals surface area contributed by atoms with Crippen LogP contribution in [0.15, 0.2) is 18.2 Å². The number of rotatable bonds is 4. The minimum Gasteiger partial charge on any atom is -0.495 e. The van der Waals surface area contributed by atoms with Crippen LogP contribution in [-0.2, 0) is 0 Å². The third-order valence-corrected chi connectivity index (χ3v) is 5.42. The van der Waals surface area contributed by atoms with Crippen LogP contribution in [0.3, 0.4) is 0 Å². The van der Waals surface area contributed by atoms with E-state index in [9.17, 15) is 4.79 Å². The molecule has 1 aliphatic carbocycles. The van der Waals surface area contributed by atoms with Gasteiger partial charge in [0.2, 0.25) is 0 Å². The minimum absolute atomic E-state index is 0.147. The normalized spacial score (nSPS) is 29.5. The molecule has 2 N–H and O–H groups in total. The maximum absolute atomic E-state index is 12.7. The number of Topliss-reactive ketones (excluding diaryl/α,β-unsaturated/α-hetero) is 1. The van der Waals surface area contributed by atoms with Crippen molar-refractivity contribution < 1.29 is 9.53 Å². The molecule has 1 aromatic carbocycles. The molecule has 2 unspecified atom stereocenters. The van der Waals surface area contributed by atoms with Crippen molar-refractivity contribution in [1.82, 2.24) is 4.90 Å². The molecule has 4 nitrogen and oxygen atoms in total. The van der Waals surface area contributed by atoms with E-state index in [1.807, 2.05) is 6.07 Å². The Morgan fingerprint density at radius 3 is 2.74 bits per heavy atom. The molecule has 3 rings (SSSR count). The number of nitrogen functional groups attached to an aromatic ring is 1. The number of likely N-dealkylation sites (tertiary alicyclic amines) is 1. The van der Waals surface area contributed by atoms with Crippen molar-refractivity contribution in [3.8, 4) is 5.75 Å². The summed E-state index contributed by atoms with van der Waals surface area (Å²) in [5.41, 5.74) is 7.85. The first-order chi connectivity index (χ1) is 10.7. The van der Waals surface area contributed by atoms with Crippen molar-refractivity contribution in [2.24, 2.45) is 10.8 Å². The molecule has 0 aromatic heterocycles. The van der Waals surface area contributed by atoms with E-state index in [0.717, 1.165) is 6.54 Å². The number of carbonyl (C=O) groups is 1. The number of anilines is 1. The fraction of sp³-hybridized carbons (Fsp3) is 0.632. The van der Waals surface area contributed by atoms with Gasteiger partial charge in [-0.25, -0.2) is 0 Å². The van der Waals surface area contributed by atoms with E-state index >= 15 is 0 Å². The SMILES string of the molecule is COc1ccc(C(=O)CN2CC3(C)CC2CC(C)(C)C3)cc1N. The highest BCUT2D eigenvalue weighted by Gasteiger charge is 2.49. The lowest BCUT2D eigenvalue weighted by atomic mass is 9.65. The molecule has 2 bridgehead atoms. The molecule has 2 aliphatic rings. The topological polar surface area (TPSA) is 55.6 Å². The lowest BCUT2D eigenvalue weighted by Crippen LogP contribution is -2.36. The van der Waals surface area contributed by atoms with E-state index in [1.54, 1.807) is 19.2 Å². The number of ether oxygens (including phenoxy) is 1. The van der Waals surface area contributed by atoms with Crippen molar-refractivity contribution in [3.63, 3.8) is 0 Å². The highest BCUT2D eigenvalue weighted by Crippen LogP contribution is 2.52. The van der Waals surface area contributed by atoms with E-state index in [1.165, 1.54) is 19.3 Å². The summed E-state index contributed by atoms with van der Waals surface area (Å²) in [5, 5.41) is 0. The molecule has 1 saturated heterocycles. The molecule has 23 heavy (non-hydrogen) atoms. The second-order valence-electron chi connectivity index (χ2n) is 8.50. The van der Waals surface area contributed by atoms with Gasteiger partial charge in [-0.05, 0) is 48.3 Å². The maximum Gasteiger partial charge on any atom is 0.176 e. The van der Waals surface area contributed by atoms with Crippen molar-refractivity contribution in [1.29, 1.82) is 0 Å². The summed E-state index contributed by atoms with van der Waals surface area (Å²) in [5.74, 6) is 0.765. The average molecular weight is 316 g/mol. The molecule has 1 aliphatic heterocycles. The Morgan fingerprint density at radius 1 is 1.35 bits per heavy atom. The summed E-state index contributed by atoms with van der Waals surface area (Å²) in [6, 6.07) is 5.85. The molecule has 1 aromatic rings. The lowest BCUT2D eigenvalue weighted by molar-refractivity contribution is 0.0900. The number of nitrogens with zero attached hydrogens (tertiary/aromatic N) is 1. The number of methoxy groups -OCH3 is 1. The molecule has 0 amide bonds. The average Bonchev–Trinajstić information content (AvgIpc) is 2.67. The smallest absolute Gasteiger partial charge is 0.176 e. The molecule has 0 radical (unpaired) electrons. The van der Waals surface area contributed by atoms with Crippen molar-refractivity contribution in [2.75, 3.05) is 25.9 Å². The highest BCUT2D eigenvalue weighted by atomic mass is 16.5. The summed E-state index contributed by atoms with van der Waals surface area (Å²) < 4.78 is 5.16. The Balaban J connectivity index is 1.73. The highest BCUT2D eigenvalue weighted by molar-refractivity contribution is 5.98. The lowest BCUT2D eigenvalue weighted by Gasteiger charge is -2.39. The fourth-order valence-corrected chi connectivity index (χ4v) is 4.95. The zero-order chi connectivity index (χ0) is 16.8. The Morgan fingerprint density at radius 2 is 2.09 bits per heavy atom. The monoisotopic (exact) mass is 316 g/mol. The largest absolute Gasteiger partial charge is 0.495 e. The van der Waals surface area contributed by atoms with Gasteiger partial charge in [-0.15, -0.1) is 0 Å². The Labute approximate surface area is 139 Å². The Bertz CT molecular complexity index is 626. The molecular formula is C19H28N2O2. The number of ketones is 1. The molecule has 2 atom stereocenters. The van der Waals surface area contributed by atoms with Crippen LogP contribution in [0, 0.1) is 10.8 Å². The van der Waals surface area contributed by atoms with Gasteiger partial charge in [-0.3, -0.25) is 9.69 Å². The third kappa shape index (κ3) is 3.23. The molecule has 126 valence electrons. The summed E-state index contributed by atoms with van der Waals surface area (Å²) in [7, 11) is 1.58. The first-order valence-corrected chi connectivity index (χ1v) is 8.42. The Hall–Kier alpha value is -1.55. The molecule has 4 heteroatoms. The van der Waals surface area contributed by atoms with E-state index in [4.69, 9.17) is 10.5 Å². The quantitative estimate of drug-likeness (QED) is 0.683. The second-order valence-corrected chi connectivity index (χ2v) is 8.50. The van der Waals surface area contributed by atoms with Gasteiger partial charge in [0.25, 0.3) is 0 Å². The maximum atomic E-state index is 12.7. The van der Waals surface area contributed by atoms with Crippen molar-refractivity contribution in [3.05, 3.63) is 23.8 Å². The predicted molar refractivity (Wildman–Crippen MR) is 92.8 cm³/mol. The van der Waals surface area contributed by atoms with E-state index in [0.29, 0.717) is 40.4 Å². The van der Waals surface area contributed by atoms with Gasteiger partial charge in [-0.1, -0.05) is 20.8 Å². The van der Waals surface area contributed by atoms with E-state index < -0.39 is 0 Å². The minimum atomic E-state index is 0.147. The number of hydrogen-bond donors (Lipinski definition) is 1. The van der Waals surface area contributed by atoms with E-state index in [-0.39, 0.29) is 5.78 Å². The zero-order valence-corrected chi connectivity index (χ0v) is 14.7. The van der Waals surface area contributed by atoms with Crippen LogP contribution in [0.1, 0.15) is 50.4 Å². The molecule has 1 heterocycles. The van der Waals surface area contributed by atoms with Gasteiger partial charge in [-0.2, -0.15) is 0 Å². The van der Waals surface area contributed by atoms with Gasteiger partial charge in [0.15, 0.2) is 5.78 Å². The second kappa shape index (κ2) is 5.52. The van der Waals surface area contributed by atoms with Gasteiger partial charge in [0.05, 0.1) is 19.3 Å². The van der Waals surface area contributed by atoms with Crippen LogP contribution in [0.5, 0.6) is 5.75 Å². The fourth-order valence-electron chi connectivity index (χ4n) is 4.95. The van der Waals surface area contributed by atoms with Crippen LogP contribution >= 0.6 is 0 Å². The van der Waals surface area contributed by atoms with Gasteiger partial charge >= 0.3 is 0 Å². The van der Waals surface area contributed by atoms with Gasteiger partial charge in [0, 0.05) is 18.2 Å². The van der Waals surface area contributed by atoms with E-state index in [2.05, 4.69) is 25.7 Å². The van der Waals surface area contributed by atoms with Crippen molar-refractivity contribution in [2.45, 2.75) is 46.1 Å². The molecule has 1 saturated carbocycles. The van der Waals surface area contributed by atoms with Crippen LogP contribution in [-0.4, -0.2) is 36.9 Å². The first kappa shape index (κ1) is 16.3. The summed E-state index contributed by atoms with van der Waals surface area (Å²) >= 11 is 0. The number of fused-ring (bicyclic) bond motifs is 2. The number of nitrogens with two attached hydrogens (primary N) is 1. The number of benzene rings is 1. The zero-order valence-electron chi connectivity index (χ0n) is 14.7. The first-order valence-electron chi connectivity index (χ1n) is 8.42. The van der Waals surface area contributed by atoms with Crippen LogP contribution in [0.25, 0.3) is 0 Å². The van der Waals surface area contributed by atoms with Crippen molar-refractivity contribution >= 4 is 11.5 Å².